The summed E-state index contributed by atoms with van der Waals surface area (Å²) in [6, 6.07) is 22.3. The van der Waals surface area contributed by atoms with Crippen LogP contribution in [0.25, 0.3) is 22.2 Å². The van der Waals surface area contributed by atoms with Gasteiger partial charge >= 0.3 is 0 Å². The molecular weight excluding hydrogens is 623 g/mol. The maximum Gasteiger partial charge on any atom is 0.257 e. The van der Waals surface area contributed by atoms with Crippen LogP contribution in [-0.4, -0.2) is 63.7 Å². The molecule has 10 nitrogen and oxygen atoms in total. The summed E-state index contributed by atoms with van der Waals surface area (Å²) in [6.45, 7) is 1.93. The molecule has 2 heterocycles. The van der Waals surface area contributed by atoms with Crippen molar-refractivity contribution in [1.29, 1.82) is 0 Å². The molecule has 1 aliphatic carbocycles. The van der Waals surface area contributed by atoms with Gasteiger partial charge in [0.05, 0.1) is 23.6 Å². The number of benzene rings is 3. The molecule has 0 bridgehead atoms. The number of aliphatic hydroxyl groups is 1. The number of rotatable bonds is 14. The number of carbonyl (C=O) groups excluding carboxylic acids is 2. The molecule has 3 aromatic carbocycles. The minimum absolute atomic E-state index is 0.0168. The van der Waals surface area contributed by atoms with Crippen LogP contribution in [0.3, 0.4) is 0 Å². The van der Waals surface area contributed by atoms with Gasteiger partial charge in [-0.1, -0.05) is 42.5 Å². The first-order valence-electron chi connectivity index (χ1n) is 16.8. The van der Waals surface area contributed by atoms with Gasteiger partial charge in [0.2, 0.25) is 5.88 Å². The van der Waals surface area contributed by atoms with E-state index in [1.165, 1.54) is 5.56 Å². The zero-order valence-electron chi connectivity index (χ0n) is 27.3. The molecule has 1 aliphatic rings. The number of amides is 2. The monoisotopic (exact) mass is 664 g/mol. The number of para-hydroxylation sites is 1. The lowest BCUT2D eigenvalue weighted by molar-refractivity contribution is 0.0890. The van der Waals surface area contributed by atoms with Crippen LogP contribution in [0, 0.1) is 5.82 Å². The van der Waals surface area contributed by atoms with Crippen molar-refractivity contribution in [2.75, 3.05) is 19.7 Å². The predicted molar refractivity (Wildman–Crippen MR) is 186 cm³/mol. The summed E-state index contributed by atoms with van der Waals surface area (Å²) < 4.78 is 20.4. The summed E-state index contributed by atoms with van der Waals surface area (Å²) in [5, 5.41) is 18.3. The van der Waals surface area contributed by atoms with Gasteiger partial charge in [-0.3, -0.25) is 9.59 Å². The van der Waals surface area contributed by atoms with E-state index >= 15 is 0 Å². The van der Waals surface area contributed by atoms with E-state index < -0.39 is 11.7 Å². The number of nitrogens with one attached hydrogen (secondary N) is 4. The Morgan fingerprint density at radius 1 is 0.837 bits per heavy atom. The third-order valence-corrected chi connectivity index (χ3v) is 8.82. The summed E-state index contributed by atoms with van der Waals surface area (Å²) in [5.74, 6) is -0.771. The van der Waals surface area contributed by atoms with Crippen molar-refractivity contribution in [2.45, 2.75) is 57.0 Å². The van der Waals surface area contributed by atoms with Gasteiger partial charge in [-0.15, -0.1) is 0 Å². The Morgan fingerprint density at radius 3 is 2.31 bits per heavy atom. The van der Waals surface area contributed by atoms with Crippen molar-refractivity contribution >= 4 is 22.8 Å². The Bertz CT molecular complexity index is 1870. The highest BCUT2D eigenvalue weighted by Gasteiger charge is 2.26. The van der Waals surface area contributed by atoms with Gasteiger partial charge in [-0.25, -0.2) is 14.4 Å². The first-order valence-corrected chi connectivity index (χ1v) is 16.8. The highest BCUT2D eigenvalue weighted by atomic mass is 19.1. The number of hydrogen-bond acceptors (Lipinski definition) is 7. The van der Waals surface area contributed by atoms with Crippen molar-refractivity contribution in [3.05, 3.63) is 108 Å². The van der Waals surface area contributed by atoms with Crippen LogP contribution in [0.5, 0.6) is 11.6 Å². The molecule has 1 fully saturated rings. The molecule has 5 N–H and O–H groups in total. The number of aromatic amines is 1. The number of hydrogen-bond donors (Lipinski definition) is 5. The smallest absolute Gasteiger partial charge is 0.257 e. The molecule has 11 heteroatoms. The minimum atomic E-state index is -0.634. The van der Waals surface area contributed by atoms with Crippen LogP contribution in [-0.2, 0) is 6.42 Å². The van der Waals surface area contributed by atoms with E-state index in [0.717, 1.165) is 61.3 Å². The second-order valence-corrected chi connectivity index (χ2v) is 12.4. The number of imidazole rings is 1. The molecule has 0 unspecified atom stereocenters. The molecule has 5 aromatic rings. The van der Waals surface area contributed by atoms with Gasteiger partial charge < -0.3 is 30.8 Å². The number of carbonyl (C=O) groups is 2. The van der Waals surface area contributed by atoms with Crippen LogP contribution in [0.15, 0.2) is 85.3 Å². The number of aliphatic hydroxyl groups excluding tert-OH is 1. The van der Waals surface area contributed by atoms with Crippen LogP contribution in [0.2, 0.25) is 0 Å². The first kappa shape index (κ1) is 33.8. The molecule has 0 saturated heterocycles. The van der Waals surface area contributed by atoms with Crippen molar-refractivity contribution in [2.24, 2.45) is 0 Å². The Balaban J connectivity index is 1.03. The van der Waals surface area contributed by atoms with Gasteiger partial charge in [-0.05, 0) is 105 Å². The van der Waals surface area contributed by atoms with Crippen molar-refractivity contribution in [3.63, 3.8) is 0 Å². The number of ether oxygens (including phenoxy) is 1. The maximum absolute atomic E-state index is 14.3. The highest BCUT2D eigenvalue weighted by Crippen LogP contribution is 2.29. The normalized spacial score (nSPS) is 16.0. The Labute approximate surface area is 284 Å². The van der Waals surface area contributed by atoms with Crippen LogP contribution < -0.4 is 20.7 Å². The molecule has 0 radical (unpaired) electrons. The Hall–Kier alpha value is -5.13. The van der Waals surface area contributed by atoms with Gasteiger partial charge in [0, 0.05) is 18.7 Å². The van der Waals surface area contributed by atoms with E-state index in [0.29, 0.717) is 42.5 Å². The lowest BCUT2D eigenvalue weighted by Crippen LogP contribution is -2.44. The first-order chi connectivity index (χ1) is 24.0. The van der Waals surface area contributed by atoms with E-state index in [1.54, 1.807) is 18.5 Å². The zero-order chi connectivity index (χ0) is 34.0. The number of nitrogens with zero attached hydrogens (tertiary/aromatic N) is 2. The molecule has 0 aliphatic heterocycles. The summed E-state index contributed by atoms with van der Waals surface area (Å²) in [4.78, 5) is 37.8. The fourth-order valence-corrected chi connectivity index (χ4v) is 6.19. The second kappa shape index (κ2) is 16.3. The maximum atomic E-state index is 14.3. The lowest BCUT2D eigenvalue weighted by Gasteiger charge is -2.29. The summed E-state index contributed by atoms with van der Waals surface area (Å²) in [6.07, 6.45) is 8.03. The highest BCUT2D eigenvalue weighted by molar-refractivity contribution is 6.04. The number of aryl methyl sites for hydroxylation is 1. The molecule has 0 atom stereocenters. The average molecular weight is 665 g/mol. The van der Waals surface area contributed by atoms with E-state index in [9.17, 15) is 14.0 Å². The number of aromatic nitrogens is 3. The third-order valence-electron chi connectivity index (χ3n) is 8.82. The lowest BCUT2D eigenvalue weighted by atomic mass is 9.90. The Morgan fingerprint density at radius 2 is 1.55 bits per heavy atom. The summed E-state index contributed by atoms with van der Waals surface area (Å²) in [7, 11) is 0. The zero-order valence-corrected chi connectivity index (χ0v) is 27.3. The van der Waals surface area contributed by atoms with Crippen molar-refractivity contribution in [1.82, 2.24) is 30.9 Å². The fraction of sp³-hybridized carbons (Fsp3) is 0.316. The number of halogens is 1. The Kier molecular flexibility index (Phi) is 11.2. The van der Waals surface area contributed by atoms with Crippen molar-refractivity contribution < 1.29 is 23.8 Å². The van der Waals surface area contributed by atoms with Gasteiger partial charge in [-0.2, -0.15) is 0 Å². The van der Waals surface area contributed by atoms with E-state index in [4.69, 9.17) is 9.84 Å². The van der Waals surface area contributed by atoms with Crippen LogP contribution >= 0.6 is 0 Å². The average Bonchev–Trinajstić information content (AvgIpc) is 3.61. The van der Waals surface area contributed by atoms with E-state index in [2.05, 4.69) is 55.2 Å². The quantitative estimate of drug-likeness (QED) is 0.0927. The van der Waals surface area contributed by atoms with E-state index in [-0.39, 0.29) is 36.0 Å². The third kappa shape index (κ3) is 8.87. The van der Waals surface area contributed by atoms with Gasteiger partial charge in [0.1, 0.15) is 22.6 Å². The molecule has 2 aromatic heterocycles. The number of fused-ring (bicyclic) bond motifs is 1. The summed E-state index contributed by atoms with van der Waals surface area (Å²) in [5.41, 5.74) is 5.18. The second-order valence-electron chi connectivity index (χ2n) is 12.4. The largest absolute Gasteiger partial charge is 0.438 e. The molecular formula is C38H41FN6O4. The molecule has 49 heavy (non-hydrogen) atoms. The minimum Gasteiger partial charge on any atom is -0.438 e. The molecule has 1 saturated carbocycles. The van der Waals surface area contributed by atoms with Gasteiger partial charge in [0.15, 0.2) is 0 Å². The SMILES string of the molecule is O=C(N[C@H]1CC[C@H](NC(=O)c2cccc3[nH]cnc23)CC1)c1cc(F)cnc1Oc1cccc(-c2ccc(CCCNCCCO)cc2)c1. The molecule has 6 rings (SSSR count). The number of H-pyrrole nitrogens is 1. The topological polar surface area (TPSA) is 141 Å². The molecule has 0 spiro atoms. The van der Waals surface area contributed by atoms with Gasteiger partial charge in [0.25, 0.3) is 11.8 Å². The van der Waals surface area contributed by atoms with E-state index in [1.807, 2.05) is 30.3 Å². The molecule has 2 amide bonds. The predicted octanol–water partition coefficient (Wildman–Crippen LogP) is 5.93. The standard InChI is InChI=1S/C38H41FN6O4/c39-28-22-33(37(48)45-30-16-14-29(15-17-30)44-36(47)32-8-2-9-34-35(32)43-24-42-34)38(41-23-28)49-31-7-1-6-27(21-31)26-12-10-25(11-13-26)5-3-18-40-19-4-20-46/h1-2,6-13,21-24,29-30,40,46H,3-5,14-20H2,(H,42,43)(H,44,47)(H,45,48)/t29-,30-. The summed E-state index contributed by atoms with van der Waals surface area (Å²) >= 11 is 0. The fourth-order valence-electron chi connectivity index (χ4n) is 6.19. The van der Waals surface area contributed by atoms with Crippen LogP contribution in [0.1, 0.15) is 64.8 Å². The molecule has 254 valence electrons. The number of pyridine rings is 1. The van der Waals surface area contributed by atoms with Crippen molar-refractivity contribution in [3.8, 4) is 22.8 Å². The van der Waals surface area contributed by atoms with Crippen LogP contribution in [0.4, 0.5) is 4.39 Å².